The Morgan fingerprint density at radius 2 is 2.53 bits per heavy atom. The van der Waals surface area contributed by atoms with Gasteiger partial charge in [0.05, 0.1) is 18.4 Å². The molecule has 2 aliphatic heterocycles. The largest absolute Gasteiger partial charge is 0.373 e. The van der Waals surface area contributed by atoms with Crippen LogP contribution in [0.1, 0.15) is 24.3 Å². The van der Waals surface area contributed by atoms with Gasteiger partial charge in [0.25, 0.3) is 0 Å². The first-order chi connectivity index (χ1) is 7.31. The lowest BCUT2D eigenvalue weighted by atomic mass is 9.95. The van der Waals surface area contributed by atoms with E-state index in [1.165, 1.54) is 12.8 Å². The summed E-state index contributed by atoms with van der Waals surface area (Å²) in [6.07, 6.45) is 6.26. The average Bonchev–Trinajstić information content (AvgIpc) is 2.90. The summed E-state index contributed by atoms with van der Waals surface area (Å²) >= 11 is 7.36. The summed E-state index contributed by atoms with van der Waals surface area (Å²) in [5, 5.41) is 4.57. The van der Waals surface area contributed by atoms with E-state index in [1.807, 2.05) is 0 Å². The van der Waals surface area contributed by atoms with Crippen LogP contribution in [0.2, 0.25) is 4.34 Å². The van der Waals surface area contributed by atoms with E-state index < -0.39 is 0 Å². The molecule has 3 atom stereocenters. The molecule has 0 aliphatic carbocycles. The molecule has 2 fully saturated rings. The third-order valence-corrected chi connectivity index (χ3v) is 4.26. The maximum atomic E-state index is 5.82. The third kappa shape index (κ3) is 2.04. The standard InChI is InChI=1S/C10H13ClN2OS/c11-9-4-13-10(15-9)5-12-7-3-6-1-2-8(7)14-6/h4,6-8,12H,1-3,5H2. The molecule has 0 spiro atoms. The smallest absolute Gasteiger partial charge is 0.113 e. The minimum Gasteiger partial charge on any atom is -0.373 e. The Morgan fingerprint density at radius 1 is 1.60 bits per heavy atom. The third-order valence-electron chi connectivity index (χ3n) is 3.15. The Hall–Kier alpha value is -0.160. The van der Waals surface area contributed by atoms with Crippen molar-refractivity contribution < 1.29 is 4.74 Å². The fourth-order valence-corrected chi connectivity index (χ4v) is 3.35. The summed E-state index contributed by atoms with van der Waals surface area (Å²) in [6, 6.07) is 0.520. The Bertz CT molecular complexity index is 357. The van der Waals surface area contributed by atoms with Crippen molar-refractivity contribution >= 4 is 22.9 Å². The van der Waals surface area contributed by atoms with E-state index in [9.17, 15) is 0 Å². The predicted molar refractivity (Wildman–Crippen MR) is 60.3 cm³/mol. The van der Waals surface area contributed by atoms with Gasteiger partial charge in [0.2, 0.25) is 0 Å². The first-order valence-electron chi connectivity index (χ1n) is 5.30. The van der Waals surface area contributed by atoms with Crippen molar-refractivity contribution in [2.75, 3.05) is 0 Å². The molecule has 3 unspecified atom stereocenters. The number of hydrogen-bond donors (Lipinski definition) is 1. The molecule has 1 N–H and O–H groups in total. The summed E-state index contributed by atoms with van der Waals surface area (Å²) in [7, 11) is 0. The highest BCUT2D eigenvalue weighted by Gasteiger charge is 2.40. The summed E-state index contributed by atoms with van der Waals surface area (Å²) in [5.74, 6) is 0. The molecule has 0 amide bonds. The number of nitrogens with zero attached hydrogens (tertiary/aromatic N) is 1. The van der Waals surface area contributed by atoms with E-state index in [-0.39, 0.29) is 0 Å². The highest BCUT2D eigenvalue weighted by molar-refractivity contribution is 7.15. The second-order valence-corrected chi connectivity index (χ2v) is 5.90. The number of thiazole rings is 1. The number of halogens is 1. The molecule has 2 aliphatic rings. The maximum absolute atomic E-state index is 5.82. The van der Waals surface area contributed by atoms with Crippen LogP contribution in [0.4, 0.5) is 0 Å². The van der Waals surface area contributed by atoms with Gasteiger partial charge in [0, 0.05) is 12.6 Å². The zero-order valence-electron chi connectivity index (χ0n) is 8.28. The Labute approximate surface area is 97.8 Å². The molecule has 2 bridgehead atoms. The number of rotatable bonds is 3. The summed E-state index contributed by atoms with van der Waals surface area (Å²) in [6.45, 7) is 0.814. The summed E-state index contributed by atoms with van der Waals surface area (Å²) in [5.41, 5.74) is 0. The number of aromatic nitrogens is 1. The first-order valence-corrected chi connectivity index (χ1v) is 6.50. The number of hydrogen-bond acceptors (Lipinski definition) is 4. The van der Waals surface area contributed by atoms with Gasteiger partial charge < -0.3 is 10.1 Å². The van der Waals surface area contributed by atoms with Crippen molar-refractivity contribution in [2.24, 2.45) is 0 Å². The van der Waals surface area contributed by atoms with Crippen LogP contribution < -0.4 is 5.32 Å². The molecule has 1 aromatic heterocycles. The van der Waals surface area contributed by atoms with Crippen LogP contribution in [0.15, 0.2) is 6.20 Å². The average molecular weight is 245 g/mol. The van der Waals surface area contributed by atoms with Gasteiger partial charge in [-0.2, -0.15) is 0 Å². The number of fused-ring (bicyclic) bond motifs is 2. The Balaban J connectivity index is 1.54. The van der Waals surface area contributed by atoms with Crippen molar-refractivity contribution in [3.8, 4) is 0 Å². The van der Waals surface area contributed by atoms with Crippen molar-refractivity contribution in [1.29, 1.82) is 0 Å². The van der Waals surface area contributed by atoms with Crippen LogP contribution in [0.25, 0.3) is 0 Å². The quantitative estimate of drug-likeness (QED) is 0.885. The molecule has 0 radical (unpaired) electrons. The van der Waals surface area contributed by atoms with E-state index in [2.05, 4.69) is 10.3 Å². The second kappa shape index (κ2) is 4.01. The molecule has 3 rings (SSSR count). The molecule has 0 saturated carbocycles. The van der Waals surface area contributed by atoms with E-state index in [0.717, 1.165) is 22.3 Å². The molecule has 2 saturated heterocycles. The fourth-order valence-electron chi connectivity index (χ4n) is 2.44. The van der Waals surface area contributed by atoms with E-state index in [4.69, 9.17) is 16.3 Å². The van der Waals surface area contributed by atoms with Gasteiger partial charge in [-0.1, -0.05) is 11.6 Å². The first kappa shape index (κ1) is 10.0. The highest BCUT2D eigenvalue weighted by Crippen LogP contribution is 2.34. The molecule has 3 nitrogen and oxygen atoms in total. The lowest BCUT2D eigenvalue weighted by molar-refractivity contribution is 0.0973. The van der Waals surface area contributed by atoms with Gasteiger partial charge in [-0.15, -0.1) is 11.3 Å². The van der Waals surface area contributed by atoms with Crippen molar-refractivity contribution in [1.82, 2.24) is 10.3 Å². The molecule has 82 valence electrons. The molecule has 1 aromatic rings. The predicted octanol–water partition coefficient (Wildman–Crippen LogP) is 2.21. The molecule has 0 aromatic carbocycles. The zero-order chi connectivity index (χ0) is 10.3. The monoisotopic (exact) mass is 244 g/mol. The van der Waals surface area contributed by atoms with Crippen LogP contribution in [0.3, 0.4) is 0 Å². The molecular weight excluding hydrogens is 232 g/mol. The van der Waals surface area contributed by atoms with Gasteiger partial charge in [0.15, 0.2) is 0 Å². The van der Waals surface area contributed by atoms with E-state index in [0.29, 0.717) is 18.2 Å². The van der Waals surface area contributed by atoms with E-state index >= 15 is 0 Å². The van der Waals surface area contributed by atoms with E-state index in [1.54, 1.807) is 17.5 Å². The SMILES string of the molecule is Clc1cnc(CNC2CC3CCC2O3)s1. The summed E-state index contributed by atoms with van der Waals surface area (Å²) < 4.78 is 6.53. The molecule has 3 heterocycles. The van der Waals surface area contributed by atoms with Crippen LogP contribution >= 0.6 is 22.9 Å². The van der Waals surface area contributed by atoms with Gasteiger partial charge >= 0.3 is 0 Å². The van der Waals surface area contributed by atoms with Crippen LogP contribution in [0.5, 0.6) is 0 Å². The van der Waals surface area contributed by atoms with Crippen LogP contribution in [0, 0.1) is 0 Å². The maximum Gasteiger partial charge on any atom is 0.113 e. The lowest BCUT2D eigenvalue weighted by Gasteiger charge is -2.19. The molecule has 5 heteroatoms. The lowest BCUT2D eigenvalue weighted by Crippen LogP contribution is -2.36. The Kier molecular flexibility index (Phi) is 2.68. The normalized spacial score (nSPS) is 33.8. The fraction of sp³-hybridized carbons (Fsp3) is 0.700. The minimum atomic E-state index is 0.436. The number of nitrogens with one attached hydrogen (secondary N) is 1. The van der Waals surface area contributed by atoms with Crippen molar-refractivity contribution in [3.05, 3.63) is 15.5 Å². The number of ether oxygens (including phenoxy) is 1. The van der Waals surface area contributed by atoms with Crippen LogP contribution in [-0.4, -0.2) is 23.2 Å². The molecule has 15 heavy (non-hydrogen) atoms. The zero-order valence-corrected chi connectivity index (χ0v) is 9.85. The topological polar surface area (TPSA) is 34.2 Å². The van der Waals surface area contributed by atoms with Gasteiger partial charge in [-0.25, -0.2) is 4.98 Å². The van der Waals surface area contributed by atoms with Crippen LogP contribution in [-0.2, 0) is 11.3 Å². The Morgan fingerprint density at radius 3 is 3.13 bits per heavy atom. The van der Waals surface area contributed by atoms with Gasteiger partial charge in [0.1, 0.15) is 9.34 Å². The summed E-state index contributed by atoms with van der Waals surface area (Å²) in [4.78, 5) is 4.22. The second-order valence-electron chi connectivity index (χ2n) is 4.16. The minimum absolute atomic E-state index is 0.436. The van der Waals surface area contributed by atoms with Gasteiger partial charge in [-0.3, -0.25) is 0 Å². The van der Waals surface area contributed by atoms with Gasteiger partial charge in [-0.05, 0) is 19.3 Å². The highest BCUT2D eigenvalue weighted by atomic mass is 35.5. The van der Waals surface area contributed by atoms with Crippen molar-refractivity contribution in [3.63, 3.8) is 0 Å². The van der Waals surface area contributed by atoms with Crippen molar-refractivity contribution in [2.45, 2.75) is 44.1 Å². The molecular formula is C10H13ClN2OS.